The van der Waals surface area contributed by atoms with Crippen molar-refractivity contribution in [2.75, 3.05) is 26.7 Å². The van der Waals surface area contributed by atoms with Crippen LogP contribution >= 0.6 is 0 Å². The van der Waals surface area contributed by atoms with E-state index in [1.54, 1.807) is 11.4 Å². The SMILES string of the molecule is COc1ccc(CN2C[C@H]3CCN(C(=O)NC4CCCC4)CC[C@H]3S2(=O)=O)cc1. The average Bonchev–Trinajstić information content (AvgIpc) is 3.22. The molecule has 1 aliphatic carbocycles. The monoisotopic (exact) mass is 421 g/mol. The number of ether oxygens (including phenoxy) is 1. The van der Waals surface area contributed by atoms with Crippen molar-refractivity contribution in [3.8, 4) is 5.75 Å². The largest absolute Gasteiger partial charge is 0.497 e. The number of nitrogens with one attached hydrogen (secondary N) is 1. The molecule has 1 N–H and O–H groups in total. The molecule has 0 spiro atoms. The number of amides is 2. The van der Waals surface area contributed by atoms with Gasteiger partial charge in [-0.2, -0.15) is 4.31 Å². The molecule has 1 saturated carbocycles. The maximum atomic E-state index is 13.1. The van der Waals surface area contributed by atoms with Crippen molar-refractivity contribution >= 4 is 16.1 Å². The van der Waals surface area contributed by atoms with Gasteiger partial charge in [0.05, 0.1) is 12.4 Å². The van der Waals surface area contributed by atoms with Gasteiger partial charge in [-0.05, 0) is 49.3 Å². The van der Waals surface area contributed by atoms with Crippen LogP contribution in [0.1, 0.15) is 44.1 Å². The summed E-state index contributed by atoms with van der Waals surface area (Å²) in [6.45, 7) is 2.07. The fourth-order valence-corrected chi connectivity index (χ4v) is 7.15. The van der Waals surface area contributed by atoms with Crippen LogP contribution in [-0.4, -0.2) is 61.7 Å². The predicted octanol–water partition coefficient (Wildman–Crippen LogP) is 2.57. The van der Waals surface area contributed by atoms with Crippen LogP contribution in [0.3, 0.4) is 0 Å². The van der Waals surface area contributed by atoms with Crippen LogP contribution in [0, 0.1) is 5.92 Å². The zero-order valence-electron chi connectivity index (χ0n) is 17.0. The molecule has 4 rings (SSSR count). The van der Waals surface area contributed by atoms with E-state index in [4.69, 9.17) is 4.74 Å². The van der Waals surface area contributed by atoms with E-state index in [-0.39, 0.29) is 23.2 Å². The van der Waals surface area contributed by atoms with Crippen molar-refractivity contribution in [2.24, 2.45) is 5.92 Å². The van der Waals surface area contributed by atoms with Crippen molar-refractivity contribution in [3.05, 3.63) is 29.8 Å². The van der Waals surface area contributed by atoms with Gasteiger partial charge in [0.2, 0.25) is 10.0 Å². The second-order valence-electron chi connectivity index (χ2n) is 8.48. The Bertz CT molecular complexity index is 821. The van der Waals surface area contributed by atoms with E-state index in [2.05, 4.69) is 5.32 Å². The minimum Gasteiger partial charge on any atom is -0.497 e. The predicted molar refractivity (Wildman–Crippen MR) is 111 cm³/mol. The normalized spacial score (nSPS) is 27.4. The number of fused-ring (bicyclic) bond motifs is 1. The van der Waals surface area contributed by atoms with E-state index in [9.17, 15) is 13.2 Å². The smallest absolute Gasteiger partial charge is 0.317 e. The summed E-state index contributed by atoms with van der Waals surface area (Å²) in [6.07, 6.45) is 5.72. The molecular weight excluding hydrogens is 390 g/mol. The number of sulfonamides is 1. The van der Waals surface area contributed by atoms with Crippen LogP contribution in [0.15, 0.2) is 24.3 Å². The quantitative estimate of drug-likeness (QED) is 0.810. The van der Waals surface area contributed by atoms with Gasteiger partial charge in [0.1, 0.15) is 5.75 Å². The van der Waals surface area contributed by atoms with E-state index in [0.717, 1.165) is 30.6 Å². The fraction of sp³-hybridized carbons (Fsp3) is 0.667. The van der Waals surface area contributed by atoms with Crippen molar-refractivity contribution in [2.45, 2.75) is 56.4 Å². The highest BCUT2D eigenvalue weighted by atomic mass is 32.2. The van der Waals surface area contributed by atoms with Gasteiger partial charge in [-0.3, -0.25) is 0 Å². The Morgan fingerprint density at radius 3 is 2.48 bits per heavy atom. The first-order valence-corrected chi connectivity index (χ1v) is 12.1. The molecule has 2 aliphatic heterocycles. The maximum absolute atomic E-state index is 13.1. The molecule has 0 bridgehead atoms. The van der Waals surface area contributed by atoms with E-state index < -0.39 is 10.0 Å². The lowest BCUT2D eigenvalue weighted by Gasteiger charge is -2.24. The topological polar surface area (TPSA) is 79.0 Å². The van der Waals surface area contributed by atoms with Gasteiger partial charge < -0.3 is 15.0 Å². The van der Waals surface area contributed by atoms with Crippen LogP contribution in [0.2, 0.25) is 0 Å². The molecule has 0 radical (unpaired) electrons. The van der Waals surface area contributed by atoms with Gasteiger partial charge in [-0.15, -0.1) is 0 Å². The fourth-order valence-electron chi connectivity index (χ4n) is 4.92. The highest BCUT2D eigenvalue weighted by Gasteiger charge is 2.47. The number of nitrogens with zero attached hydrogens (tertiary/aromatic N) is 2. The first-order chi connectivity index (χ1) is 14.0. The Labute approximate surface area is 173 Å². The molecule has 2 saturated heterocycles. The summed E-state index contributed by atoms with van der Waals surface area (Å²) in [5, 5.41) is 2.75. The summed E-state index contributed by atoms with van der Waals surface area (Å²) < 4.78 is 33.1. The summed E-state index contributed by atoms with van der Waals surface area (Å²) >= 11 is 0. The number of rotatable bonds is 4. The molecule has 3 aliphatic rings. The Kier molecular flexibility index (Phi) is 6.01. The number of urea groups is 1. The minimum absolute atomic E-state index is 0.0237. The summed E-state index contributed by atoms with van der Waals surface area (Å²) in [7, 11) is -1.74. The zero-order valence-corrected chi connectivity index (χ0v) is 17.9. The number of carbonyl (C=O) groups is 1. The lowest BCUT2D eigenvalue weighted by Crippen LogP contribution is -2.44. The lowest BCUT2D eigenvalue weighted by atomic mass is 10.0. The second kappa shape index (κ2) is 8.52. The Hall–Kier alpha value is -1.80. The van der Waals surface area contributed by atoms with Crippen LogP contribution in [-0.2, 0) is 16.6 Å². The van der Waals surface area contributed by atoms with Gasteiger partial charge in [0, 0.05) is 32.2 Å². The lowest BCUT2D eigenvalue weighted by molar-refractivity contribution is 0.194. The summed E-state index contributed by atoms with van der Waals surface area (Å²) in [5.74, 6) is 0.849. The van der Waals surface area contributed by atoms with Gasteiger partial charge in [-0.1, -0.05) is 25.0 Å². The maximum Gasteiger partial charge on any atom is 0.317 e. The number of carbonyl (C=O) groups excluding carboxylic acids is 1. The Balaban J connectivity index is 1.37. The minimum atomic E-state index is -3.35. The van der Waals surface area contributed by atoms with E-state index in [0.29, 0.717) is 32.6 Å². The van der Waals surface area contributed by atoms with Gasteiger partial charge in [0.15, 0.2) is 0 Å². The van der Waals surface area contributed by atoms with Crippen molar-refractivity contribution in [3.63, 3.8) is 0 Å². The third kappa shape index (κ3) is 4.38. The van der Waals surface area contributed by atoms with Crippen LogP contribution in [0.4, 0.5) is 4.79 Å². The first kappa shape index (κ1) is 20.5. The van der Waals surface area contributed by atoms with E-state index >= 15 is 0 Å². The molecule has 7 nitrogen and oxygen atoms in total. The molecule has 2 amide bonds. The average molecular weight is 422 g/mol. The standard InChI is InChI=1S/C21H31N3O4S/c1-28-19-8-6-16(7-9-19)14-24-15-17-10-12-23(13-11-20(17)29(24,26)27)21(25)22-18-4-2-3-5-18/h6-9,17-18,20H,2-5,10-15H2,1H3,(H,22,25)/t17-,20-/m1/s1. The molecule has 8 heteroatoms. The molecule has 0 unspecified atom stereocenters. The van der Waals surface area contributed by atoms with Crippen LogP contribution in [0.25, 0.3) is 0 Å². The second-order valence-corrected chi connectivity index (χ2v) is 10.6. The highest BCUT2D eigenvalue weighted by molar-refractivity contribution is 7.90. The molecule has 160 valence electrons. The van der Waals surface area contributed by atoms with Gasteiger partial charge in [0.25, 0.3) is 0 Å². The third-order valence-electron chi connectivity index (χ3n) is 6.65. The molecule has 3 fully saturated rings. The molecule has 2 heterocycles. The third-order valence-corrected chi connectivity index (χ3v) is 9.03. The highest BCUT2D eigenvalue weighted by Crippen LogP contribution is 2.35. The van der Waals surface area contributed by atoms with Crippen molar-refractivity contribution in [1.82, 2.24) is 14.5 Å². The first-order valence-electron chi connectivity index (χ1n) is 10.6. The number of likely N-dealkylation sites (tertiary alicyclic amines) is 1. The summed E-state index contributed by atoms with van der Waals surface area (Å²) in [4.78, 5) is 14.4. The van der Waals surface area contributed by atoms with E-state index in [1.165, 1.54) is 12.8 Å². The van der Waals surface area contributed by atoms with E-state index in [1.807, 2.05) is 29.2 Å². The molecule has 1 aromatic carbocycles. The number of hydrogen-bond acceptors (Lipinski definition) is 4. The number of hydrogen-bond donors (Lipinski definition) is 1. The zero-order chi connectivity index (χ0) is 20.4. The molecule has 1 aromatic rings. The summed E-state index contributed by atoms with van der Waals surface area (Å²) in [5.41, 5.74) is 0.961. The Morgan fingerprint density at radius 2 is 1.79 bits per heavy atom. The molecule has 0 aromatic heterocycles. The number of benzene rings is 1. The van der Waals surface area contributed by atoms with Crippen molar-refractivity contribution < 1.29 is 17.9 Å². The Morgan fingerprint density at radius 1 is 1.10 bits per heavy atom. The molecule has 2 atom stereocenters. The van der Waals surface area contributed by atoms with Crippen molar-refractivity contribution in [1.29, 1.82) is 0 Å². The van der Waals surface area contributed by atoms with Gasteiger partial charge >= 0.3 is 6.03 Å². The molecular formula is C21H31N3O4S. The van der Waals surface area contributed by atoms with Crippen LogP contribution in [0.5, 0.6) is 5.75 Å². The number of methoxy groups -OCH3 is 1. The van der Waals surface area contributed by atoms with Gasteiger partial charge in [-0.25, -0.2) is 13.2 Å². The van der Waals surface area contributed by atoms with Crippen LogP contribution < -0.4 is 10.1 Å². The summed E-state index contributed by atoms with van der Waals surface area (Å²) in [6, 6.07) is 7.81. The molecule has 29 heavy (non-hydrogen) atoms.